The average molecular weight is 336 g/mol. The summed E-state index contributed by atoms with van der Waals surface area (Å²) in [7, 11) is 0. The van der Waals surface area contributed by atoms with Crippen molar-refractivity contribution < 1.29 is 13.9 Å². The Morgan fingerprint density at radius 2 is 2.30 bits per heavy atom. The predicted octanol–water partition coefficient (Wildman–Crippen LogP) is 3.22. The SMILES string of the molecule is Cc1ccoc1C(=O)NCc1cc(Br)cc2c1OCC2. The molecule has 104 valence electrons. The number of hydrogen-bond acceptors (Lipinski definition) is 3. The molecule has 1 amide bonds. The largest absolute Gasteiger partial charge is 0.493 e. The molecule has 0 saturated carbocycles. The Morgan fingerprint density at radius 3 is 3.05 bits per heavy atom. The Bertz CT molecular complexity index is 663. The Kier molecular flexibility index (Phi) is 3.53. The molecule has 1 aromatic carbocycles. The quantitative estimate of drug-likeness (QED) is 0.936. The summed E-state index contributed by atoms with van der Waals surface area (Å²) < 4.78 is 11.8. The molecule has 1 aromatic heterocycles. The highest BCUT2D eigenvalue weighted by Crippen LogP contribution is 2.32. The van der Waals surface area contributed by atoms with Gasteiger partial charge in [-0.15, -0.1) is 0 Å². The van der Waals surface area contributed by atoms with Gasteiger partial charge >= 0.3 is 0 Å². The molecular formula is C15H14BrNO3. The van der Waals surface area contributed by atoms with Crippen molar-refractivity contribution >= 4 is 21.8 Å². The predicted molar refractivity (Wildman–Crippen MR) is 78.0 cm³/mol. The molecule has 1 N–H and O–H groups in total. The molecule has 0 aliphatic carbocycles. The molecule has 0 spiro atoms. The van der Waals surface area contributed by atoms with Crippen LogP contribution in [0.25, 0.3) is 0 Å². The lowest BCUT2D eigenvalue weighted by molar-refractivity contribution is 0.0922. The van der Waals surface area contributed by atoms with Crippen molar-refractivity contribution in [3.8, 4) is 5.75 Å². The summed E-state index contributed by atoms with van der Waals surface area (Å²) in [5.74, 6) is 1.04. The minimum atomic E-state index is -0.209. The van der Waals surface area contributed by atoms with Crippen molar-refractivity contribution in [1.29, 1.82) is 0 Å². The van der Waals surface area contributed by atoms with Crippen LogP contribution in [0.3, 0.4) is 0 Å². The van der Waals surface area contributed by atoms with Gasteiger partial charge in [0, 0.05) is 28.6 Å². The molecule has 0 radical (unpaired) electrons. The number of rotatable bonds is 3. The van der Waals surface area contributed by atoms with E-state index in [1.807, 2.05) is 13.0 Å². The van der Waals surface area contributed by atoms with Gasteiger partial charge < -0.3 is 14.5 Å². The second-order valence-corrected chi connectivity index (χ2v) is 5.68. The van der Waals surface area contributed by atoms with Crippen molar-refractivity contribution in [2.45, 2.75) is 19.9 Å². The van der Waals surface area contributed by atoms with Gasteiger partial charge in [0.2, 0.25) is 0 Å². The van der Waals surface area contributed by atoms with Crippen LogP contribution in [-0.4, -0.2) is 12.5 Å². The van der Waals surface area contributed by atoms with Gasteiger partial charge in [0.15, 0.2) is 5.76 Å². The molecular weight excluding hydrogens is 322 g/mol. The number of furan rings is 1. The van der Waals surface area contributed by atoms with E-state index in [4.69, 9.17) is 9.15 Å². The summed E-state index contributed by atoms with van der Waals surface area (Å²) in [6.07, 6.45) is 2.43. The molecule has 5 heteroatoms. The van der Waals surface area contributed by atoms with E-state index in [-0.39, 0.29) is 5.91 Å². The van der Waals surface area contributed by atoms with Crippen molar-refractivity contribution in [3.63, 3.8) is 0 Å². The second-order valence-electron chi connectivity index (χ2n) is 4.77. The van der Waals surface area contributed by atoms with Crippen LogP contribution in [-0.2, 0) is 13.0 Å². The highest BCUT2D eigenvalue weighted by Gasteiger charge is 2.19. The maximum absolute atomic E-state index is 12.0. The van der Waals surface area contributed by atoms with Crippen LogP contribution < -0.4 is 10.1 Å². The Labute approximate surface area is 125 Å². The standard InChI is InChI=1S/C15H14BrNO3/c1-9-2-4-19-13(9)15(18)17-8-11-7-12(16)6-10-3-5-20-14(10)11/h2,4,6-7H,3,5,8H2,1H3,(H,17,18). The topological polar surface area (TPSA) is 51.5 Å². The fraction of sp³-hybridized carbons (Fsp3) is 0.267. The van der Waals surface area contributed by atoms with Crippen LogP contribution >= 0.6 is 15.9 Å². The van der Waals surface area contributed by atoms with Gasteiger partial charge in [-0.1, -0.05) is 15.9 Å². The van der Waals surface area contributed by atoms with Gasteiger partial charge in [0.25, 0.3) is 5.91 Å². The molecule has 1 aliphatic rings. The van der Waals surface area contributed by atoms with Crippen LogP contribution in [0.5, 0.6) is 5.75 Å². The van der Waals surface area contributed by atoms with Gasteiger partial charge in [-0.25, -0.2) is 0 Å². The third kappa shape index (κ3) is 2.45. The summed E-state index contributed by atoms with van der Waals surface area (Å²) in [5.41, 5.74) is 2.99. The summed E-state index contributed by atoms with van der Waals surface area (Å²) in [4.78, 5) is 12.0. The van der Waals surface area contributed by atoms with Crippen LogP contribution in [0.15, 0.2) is 33.4 Å². The molecule has 0 saturated heterocycles. The first-order valence-corrected chi connectivity index (χ1v) is 7.21. The second kappa shape index (κ2) is 5.32. The molecule has 3 rings (SSSR count). The highest BCUT2D eigenvalue weighted by atomic mass is 79.9. The van der Waals surface area contributed by atoms with E-state index in [1.165, 1.54) is 11.8 Å². The Balaban J connectivity index is 1.76. The number of fused-ring (bicyclic) bond motifs is 1. The number of halogens is 1. The molecule has 4 nitrogen and oxygen atoms in total. The molecule has 2 aromatic rings. The van der Waals surface area contributed by atoms with Gasteiger partial charge in [-0.3, -0.25) is 4.79 Å². The van der Waals surface area contributed by atoms with Crippen molar-refractivity contribution in [3.05, 3.63) is 51.4 Å². The average Bonchev–Trinajstić information content (AvgIpc) is 3.03. The maximum Gasteiger partial charge on any atom is 0.287 e. The van der Waals surface area contributed by atoms with E-state index in [2.05, 4.69) is 27.3 Å². The van der Waals surface area contributed by atoms with Crippen LogP contribution in [0.2, 0.25) is 0 Å². The molecule has 0 atom stereocenters. The van der Waals surface area contributed by atoms with E-state index in [9.17, 15) is 4.79 Å². The first kappa shape index (κ1) is 13.2. The van der Waals surface area contributed by atoms with Crippen molar-refractivity contribution in [2.75, 3.05) is 6.61 Å². The van der Waals surface area contributed by atoms with Gasteiger partial charge in [0.05, 0.1) is 12.9 Å². The van der Waals surface area contributed by atoms with Crippen LogP contribution in [0, 0.1) is 6.92 Å². The first-order valence-electron chi connectivity index (χ1n) is 6.41. The van der Waals surface area contributed by atoms with Crippen molar-refractivity contribution in [1.82, 2.24) is 5.32 Å². The summed E-state index contributed by atoms with van der Waals surface area (Å²) in [6, 6.07) is 5.80. The fourth-order valence-electron chi connectivity index (χ4n) is 2.34. The normalized spacial score (nSPS) is 12.9. The van der Waals surface area contributed by atoms with Gasteiger partial charge in [-0.05, 0) is 30.7 Å². The number of amides is 1. The number of benzene rings is 1. The number of hydrogen-bond donors (Lipinski definition) is 1. The van der Waals surface area contributed by atoms with Crippen molar-refractivity contribution in [2.24, 2.45) is 0 Å². The number of nitrogens with one attached hydrogen (secondary N) is 1. The van der Waals surface area contributed by atoms with E-state index in [0.29, 0.717) is 18.9 Å². The van der Waals surface area contributed by atoms with E-state index in [0.717, 1.165) is 27.8 Å². The number of carbonyl (C=O) groups is 1. The highest BCUT2D eigenvalue weighted by molar-refractivity contribution is 9.10. The lowest BCUT2D eigenvalue weighted by atomic mass is 10.1. The number of ether oxygens (including phenoxy) is 1. The Morgan fingerprint density at radius 1 is 1.45 bits per heavy atom. The zero-order valence-electron chi connectivity index (χ0n) is 11.0. The van der Waals surface area contributed by atoms with Crippen LogP contribution in [0.1, 0.15) is 27.2 Å². The number of carbonyl (C=O) groups excluding carboxylic acids is 1. The van der Waals surface area contributed by atoms with E-state index >= 15 is 0 Å². The fourth-order valence-corrected chi connectivity index (χ4v) is 2.89. The minimum Gasteiger partial charge on any atom is -0.493 e. The minimum absolute atomic E-state index is 0.209. The zero-order chi connectivity index (χ0) is 14.1. The zero-order valence-corrected chi connectivity index (χ0v) is 12.6. The lowest BCUT2D eigenvalue weighted by Crippen LogP contribution is -2.23. The third-order valence-corrected chi connectivity index (χ3v) is 3.79. The number of aryl methyl sites for hydroxylation is 1. The molecule has 0 fully saturated rings. The van der Waals surface area contributed by atoms with Crippen LogP contribution in [0.4, 0.5) is 0 Å². The molecule has 2 heterocycles. The van der Waals surface area contributed by atoms with Gasteiger partial charge in [0.1, 0.15) is 5.75 Å². The third-order valence-electron chi connectivity index (χ3n) is 3.33. The Hall–Kier alpha value is -1.75. The summed E-state index contributed by atoms with van der Waals surface area (Å²) in [6.45, 7) is 2.96. The van der Waals surface area contributed by atoms with Gasteiger partial charge in [-0.2, -0.15) is 0 Å². The van der Waals surface area contributed by atoms with E-state index < -0.39 is 0 Å². The molecule has 0 unspecified atom stereocenters. The smallest absolute Gasteiger partial charge is 0.287 e. The summed E-state index contributed by atoms with van der Waals surface area (Å²) in [5, 5.41) is 2.87. The first-order chi connectivity index (χ1) is 9.65. The van der Waals surface area contributed by atoms with E-state index in [1.54, 1.807) is 6.07 Å². The molecule has 1 aliphatic heterocycles. The lowest BCUT2D eigenvalue weighted by Gasteiger charge is -2.10. The monoisotopic (exact) mass is 335 g/mol. The molecule has 20 heavy (non-hydrogen) atoms. The summed E-state index contributed by atoms with van der Waals surface area (Å²) >= 11 is 3.49. The molecule has 0 bridgehead atoms. The maximum atomic E-state index is 12.0.